The van der Waals surface area contributed by atoms with Gasteiger partial charge in [-0.3, -0.25) is 4.98 Å². The maximum absolute atomic E-state index is 8.59. The van der Waals surface area contributed by atoms with E-state index in [2.05, 4.69) is 172 Å². The van der Waals surface area contributed by atoms with Crippen LogP contribution in [0.3, 0.4) is 0 Å². The average molecular weight is 1030 g/mol. The molecule has 6 heteroatoms. The maximum atomic E-state index is 8.59. The molecule has 3 aromatic heterocycles. The number of aryl methyl sites for hydroxylation is 1. The Kier molecular flexibility index (Phi) is 11.7. The van der Waals surface area contributed by atoms with Crippen molar-refractivity contribution >= 4 is 55.8 Å². The van der Waals surface area contributed by atoms with Crippen LogP contribution in [-0.4, -0.2) is 22.6 Å². The fraction of sp³-hybridized carbons (Fsp3) is 0.250. The van der Waals surface area contributed by atoms with Gasteiger partial charge < -0.3 is 9.55 Å². The maximum Gasteiger partial charge on any atom is 0.0798 e. The summed E-state index contributed by atoms with van der Waals surface area (Å²) in [7, 11) is -1.78. The largest absolute Gasteiger partial charge is 0.333 e. The number of thiophene rings is 1. The number of pyridine rings is 1. The normalized spacial score (nSPS) is 13.4. The Morgan fingerprint density at radius 3 is 2.05 bits per heavy atom. The molecule has 0 unspecified atom stereocenters. The molecule has 9 aromatic rings. The van der Waals surface area contributed by atoms with Gasteiger partial charge in [-0.05, 0) is 97.7 Å². The minimum absolute atomic E-state index is 0. The van der Waals surface area contributed by atoms with Gasteiger partial charge in [-0.15, -0.1) is 59.2 Å². The van der Waals surface area contributed by atoms with E-state index < -0.39 is 21.3 Å². The first-order valence-electron chi connectivity index (χ1n) is 23.8. The first-order chi connectivity index (χ1) is 31.2. The van der Waals surface area contributed by atoms with Gasteiger partial charge in [-0.2, -0.15) is 11.3 Å². The molecule has 0 atom stereocenters. The second kappa shape index (κ2) is 18.8. The van der Waals surface area contributed by atoms with Crippen molar-refractivity contribution in [2.75, 3.05) is 0 Å². The van der Waals surface area contributed by atoms with Gasteiger partial charge in [0, 0.05) is 43.5 Å². The van der Waals surface area contributed by atoms with Gasteiger partial charge in [0.1, 0.15) is 0 Å². The van der Waals surface area contributed by atoms with E-state index in [1.165, 1.54) is 54.2 Å². The van der Waals surface area contributed by atoms with Crippen molar-refractivity contribution in [2.45, 2.75) is 86.2 Å². The van der Waals surface area contributed by atoms with E-state index in [1.54, 1.807) is 18.3 Å². The van der Waals surface area contributed by atoms with Crippen LogP contribution in [0, 0.1) is 24.9 Å². The minimum atomic E-state index is -2.16. The summed E-state index contributed by atoms with van der Waals surface area (Å²) in [4.78, 5) is 9.78. The third-order valence-electron chi connectivity index (χ3n) is 11.1. The Balaban J connectivity index is 0.000000216. The number of fused-ring (bicyclic) bond motifs is 4. The summed E-state index contributed by atoms with van der Waals surface area (Å²) in [5, 5.41) is 3.57. The number of nitrogens with zero attached hydrogens (tertiary/aromatic N) is 3. The molecule has 0 aliphatic carbocycles. The first kappa shape index (κ1) is 38.7. The molecule has 0 bridgehead atoms. The second-order valence-corrected chi connectivity index (χ2v) is 23.9. The summed E-state index contributed by atoms with van der Waals surface area (Å²) in [6, 6.07) is 50.2. The van der Waals surface area contributed by atoms with Crippen molar-refractivity contribution in [2.24, 2.45) is 5.92 Å². The number of hydrogen-bond acceptors (Lipinski definition) is 3. The van der Waals surface area contributed by atoms with Crippen molar-refractivity contribution < 1.29 is 27.0 Å². The van der Waals surface area contributed by atoms with Crippen LogP contribution < -0.4 is 5.19 Å². The summed E-state index contributed by atoms with van der Waals surface area (Å²) in [6.07, 6.45) is 0.328. The molecule has 0 aliphatic heterocycles. The van der Waals surface area contributed by atoms with Gasteiger partial charge in [0.2, 0.25) is 0 Å². The molecule has 0 fully saturated rings. The molecule has 9 rings (SSSR count). The topological polar surface area (TPSA) is 30.7 Å². The number of rotatable bonds is 9. The molecule has 0 amide bonds. The van der Waals surface area contributed by atoms with Crippen LogP contribution in [0.4, 0.5) is 0 Å². The minimum Gasteiger partial charge on any atom is -0.333 e. The molecule has 0 aliphatic rings. The SMILES string of the molecule is CC(C)c1cc(-c2ccccc2)cc(C(C)C)c1-n1c(-c2[c-]cc3sc4ccccc4c3c2)nc2ccccc21.[2H]C([2H])([2H])c1c[c-]c(-c2cc(C([2H])([2H])C(C)C)c([Si](C)(C)C)cn2)cc1.[Ir]. The third-order valence-corrected chi connectivity index (χ3v) is 14.2. The Morgan fingerprint density at radius 1 is 0.710 bits per heavy atom. The standard InChI is InChI=1S/C37H31N2S.C19H26NSi.Ir/c1-23(2)29-21-27(25-12-6-5-7-13-25)22-30(24(3)4)36(29)39-33-16-10-9-15-32(33)38-37(39)26-18-19-35-31(20-26)28-14-8-11-17-34(28)40-35;1-14(2)11-17-12-18(16-9-7-15(3)8-10-16)20-13-19(17)21(4,5)6;/h5-17,19-24H,1-4H3;7-9,12-14H,11H2,1-6H3;/q2*-1;/i;3D3,11D2;. The zero-order chi connectivity index (χ0) is 47.3. The average Bonchev–Trinajstić information content (AvgIpc) is 3.86. The van der Waals surface area contributed by atoms with Gasteiger partial charge in [0.15, 0.2) is 0 Å². The van der Waals surface area contributed by atoms with Crippen LogP contribution in [0.15, 0.2) is 134 Å². The zero-order valence-corrected chi connectivity index (χ0v) is 41.2. The number of hydrogen-bond donors (Lipinski definition) is 0. The number of benzene rings is 6. The molecule has 3 nitrogen and oxygen atoms in total. The number of aromatic nitrogens is 3. The molecule has 3 heterocycles. The second-order valence-electron chi connectivity index (χ2n) is 17.8. The monoisotopic (exact) mass is 1030 g/mol. The van der Waals surface area contributed by atoms with Gasteiger partial charge in [0.05, 0.1) is 24.9 Å². The molecule has 0 saturated carbocycles. The number of imidazole rings is 1. The summed E-state index contributed by atoms with van der Waals surface area (Å²) in [5.74, 6) is 1.43. The summed E-state index contributed by atoms with van der Waals surface area (Å²) in [5.41, 5.74) is 11.8. The Bertz CT molecular complexity index is 3160. The summed E-state index contributed by atoms with van der Waals surface area (Å²) < 4.78 is 44.5. The fourth-order valence-electron chi connectivity index (χ4n) is 8.06. The number of para-hydroxylation sites is 2. The van der Waals surface area contributed by atoms with E-state index in [1.807, 2.05) is 31.3 Å². The molecule has 0 N–H and O–H groups in total. The molecule has 6 aromatic carbocycles. The van der Waals surface area contributed by atoms with E-state index >= 15 is 0 Å². The van der Waals surface area contributed by atoms with Crippen LogP contribution in [0.2, 0.25) is 19.6 Å². The molecular formula is C56H57IrN3SSi-2. The van der Waals surface area contributed by atoms with Gasteiger partial charge >= 0.3 is 0 Å². The van der Waals surface area contributed by atoms with E-state index in [0.717, 1.165) is 27.6 Å². The van der Waals surface area contributed by atoms with Gasteiger partial charge in [-0.1, -0.05) is 146 Å². The Hall–Kier alpha value is -4.97. The van der Waals surface area contributed by atoms with E-state index in [-0.39, 0.29) is 31.6 Å². The Morgan fingerprint density at radius 2 is 1.39 bits per heavy atom. The van der Waals surface area contributed by atoms with Crippen molar-refractivity contribution in [3.63, 3.8) is 0 Å². The van der Waals surface area contributed by atoms with Crippen molar-refractivity contribution in [1.29, 1.82) is 0 Å². The molecule has 317 valence electrons. The van der Waals surface area contributed by atoms with Crippen molar-refractivity contribution in [3.8, 4) is 39.5 Å². The van der Waals surface area contributed by atoms with Gasteiger partial charge in [0.25, 0.3) is 0 Å². The van der Waals surface area contributed by atoms with Crippen molar-refractivity contribution in [1.82, 2.24) is 14.5 Å². The smallest absolute Gasteiger partial charge is 0.0798 e. The third kappa shape index (κ3) is 9.36. The predicted octanol–water partition coefficient (Wildman–Crippen LogP) is 15.4. The van der Waals surface area contributed by atoms with Crippen LogP contribution in [0.25, 0.3) is 70.7 Å². The molecule has 62 heavy (non-hydrogen) atoms. The molecule has 0 spiro atoms. The van der Waals surface area contributed by atoms with Gasteiger partial charge in [-0.25, -0.2) is 0 Å². The Labute approximate surface area is 394 Å². The molecular weight excluding hydrogens is 967 g/mol. The fourth-order valence-corrected chi connectivity index (χ4v) is 10.5. The van der Waals surface area contributed by atoms with E-state index in [0.29, 0.717) is 28.7 Å². The van der Waals surface area contributed by atoms with Crippen LogP contribution in [0.5, 0.6) is 0 Å². The molecule has 1 radical (unpaired) electrons. The van der Waals surface area contributed by atoms with Crippen LogP contribution in [-0.2, 0) is 26.5 Å². The van der Waals surface area contributed by atoms with Crippen LogP contribution in [0.1, 0.15) is 82.5 Å². The molecule has 0 saturated heterocycles. The van der Waals surface area contributed by atoms with Crippen molar-refractivity contribution in [3.05, 3.63) is 168 Å². The quantitative estimate of drug-likeness (QED) is 0.107. The predicted molar refractivity (Wildman–Crippen MR) is 267 cm³/mol. The summed E-state index contributed by atoms with van der Waals surface area (Å²) >= 11 is 1.82. The summed E-state index contributed by atoms with van der Waals surface area (Å²) in [6.45, 7) is 17.3. The first-order valence-corrected chi connectivity index (χ1v) is 25.6. The zero-order valence-electron chi connectivity index (χ0n) is 42.0. The van der Waals surface area contributed by atoms with E-state index in [4.69, 9.17) is 11.8 Å². The van der Waals surface area contributed by atoms with Crippen LogP contribution >= 0.6 is 11.3 Å². The van der Waals surface area contributed by atoms with E-state index in [9.17, 15) is 0 Å².